The molecule has 1 saturated carbocycles. The predicted molar refractivity (Wildman–Crippen MR) is 68.8 cm³/mol. The lowest BCUT2D eigenvalue weighted by Crippen LogP contribution is -2.49. The minimum absolute atomic E-state index is 0.00725. The average molecular weight is 282 g/mol. The van der Waals surface area contributed by atoms with Gasteiger partial charge in [-0.15, -0.1) is 0 Å². The molecule has 1 aliphatic rings. The summed E-state index contributed by atoms with van der Waals surface area (Å²) < 4.78 is 13.5. The minimum Gasteiger partial charge on any atom is -0.394 e. The fourth-order valence-corrected chi connectivity index (χ4v) is 2.48. The average Bonchev–Trinajstić information content (AvgIpc) is 2.87. The Morgan fingerprint density at radius 3 is 2.60 bits per heavy atom. The first-order valence-corrected chi connectivity index (χ1v) is 6.35. The van der Waals surface area contributed by atoms with Gasteiger partial charge in [-0.1, -0.05) is 12.8 Å². The first-order valence-electron chi connectivity index (χ1n) is 6.35. The molecule has 0 spiro atoms. The summed E-state index contributed by atoms with van der Waals surface area (Å²) in [6.45, 7) is -0.172. The quantitative estimate of drug-likeness (QED) is 0.650. The van der Waals surface area contributed by atoms with Crippen molar-refractivity contribution < 1.29 is 19.2 Å². The van der Waals surface area contributed by atoms with Gasteiger partial charge in [-0.3, -0.25) is 14.9 Å². The number of nitro benzene ring substituents is 1. The van der Waals surface area contributed by atoms with Gasteiger partial charge in [-0.25, -0.2) is 0 Å². The summed E-state index contributed by atoms with van der Waals surface area (Å²) >= 11 is 0. The van der Waals surface area contributed by atoms with Crippen LogP contribution in [0.4, 0.5) is 10.1 Å². The molecule has 0 radical (unpaired) electrons. The van der Waals surface area contributed by atoms with Gasteiger partial charge in [-0.2, -0.15) is 4.39 Å². The Morgan fingerprint density at radius 2 is 2.10 bits per heavy atom. The van der Waals surface area contributed by atoms with E-state index < -0.39 is 27.9 Å². The van der Waals surface area contributed by atoms with Gasteiger partial charge in [-0.05, 0) is 25.0 Å². The zero-order valence-corrected chi connectivity index (χ0v) is 10.8. The number of aliphatic hydroxyl groups is 1. The summed E-state index contributed by atoms with van der Waals surface area (Å²) in [5, 5.41) is 22.6. The molecule has 2 rings (SSSR count). The van der Waals surface area contributed by atoms with Crippen LogP contribution in [0.1, 0.15) is 36.0 Å². The molecule has 1 aromatic carbocycles. The van der Waals surface area contributed by atoms with E-state index in [-0.39, 0.29) is 12.2 Å². The monoisotopic (exact) mass is 282 g/mol. The molecule has 0 aliphatic heterocycles. The van der Waals surface area contributed by atoms with Crippen molar-refractivity contribution in [2.45, 2.75) is 31.2 Å². The molecule has 1 amide bonds. The molecule has 1 fully saturated rings. The van der Waals surface area contributed by atoms with Gasteiger partial charge >= 0.3 is 5.69 Å². The van der Waals surface area contributed by atoms with Crippen molar-refractivity contribution in [3.63, 3.8) is 0 Å². The summed E-state index contributed by atoms with van der Waals surface area (Å²) in [6, 6.07) is 3.01. The zero-order chi connectivity index (χ0) is 14.8. The molecule has 1 aliphatic carbocycles. The summed E-state index contributed by atoms with van der Waals surface area (Å²) in [5.74, 6) is -1.58. The molecule has 20 heavy (non-hydrogen) atoms. The molecule has 0 heterocycles. The third-order valence-corrected chi connectivity index (χ3v) is 3.65. The van der Waals surface area contributed by atoms with Crippen molar-refractivity contribution in [1.82, 2.24) is 5.32 Å². The third kappa shape index (κ3) is 2.77. The molecular weight excluding hydrogens is 267 g/mol. The Balaban J connectivity index is 2.17. The lowest BCUT2D eigenvalue weighted by Gasteiger charge is -2.27. The number of benzene rings is 1. The van der Waals surface area contributed by atoms with E-state index in [9.17, 15) is 24.4 Å². The van der Waals surface area contributed by atoms with Gasteiger partial charge in [0.25, 0.3) is 5.91 Å². The second-order valence-electron chi connectivity index (χ2n) is 5.02. The van der Waals surface area contributed by atoms with Gasteiger partial charge < -0.3 is 10.4 Å². The van der Waals surface area contributed by atoms with Gasteiger partial charge in [0.1, 0.15) is 0 Å². The number of amides is 1. The summed E-state index contributed by atoms with van der Waals surface area (Å²) in [7, 11) is 0. The SMILES string of the molecule is O=C(NC1(CO)CCCC1)c1ccc([N+](=O)[O-])c(F)c1. The van der Waals surface area contributed by atoms with Crippen molar-refractivity contribution >= 4 is 11.6 Å². The molecule has 0 unspecified atom stereocenters. The van der Waals surface area contributed by atoms with Crippen LogP contribution in [-0.2, 0) is 0 Å². The van der Waals surface area contributed by atoms with Gasteiger partial charge in [0.2, 0.25) is 5.82 Å². The Kier molecular flexibility index (Phi) is 3.99. The summed E-state index contributed by atoms with van der Waals surface area (Å²) in [5.41, 5.74) is -1.32. The van der Waals surface area contributed by atoms with E-state index in [4.69, 9.17) is 0 Å². The van der Waals surface area contributed by atoms with Crippen LogP contribution in [0.2, 0.25) is 0 Å². The highest BCUT2D eigenvalue weighted by Gasteiger charge is 2.35. The molecule has 0 atom stereocenters. The lowest BCUT2D eigenvalue weighted by molar-refractivity contribution is -0.387. The molecular formula is C13H15FN2O4. The third-order valence-electron chi connectivity index (χ3n) is 3.65. The highest BCUT2D eigenvalue weighted by atomic mass is 19.1. The van der Waals surface area contributed by atoms with E-state index in [1.54, 1.807) is 0 Å². The first-order chi connectivity index (χ1) is 9.47. The smallest absolute Gasteiger partial charge is 0.304 e. The Hall–Kier alpha value is -2.02. The maximum atomic E-state index is 13.5. The normalized spacial score (nSPS) is 16.9. The highest BCUT2D eigenvalue weighted by Crippen LogP contribution is 2.29. The number of nitrogens with one attached hydrogen (secondary N) is 1. The van der Waals surface area contributed by atoms with Crippen molar-refractivity contribution in [2.24, 2.45) is 0 Å². The van der Waals surface area contributed by atoms with Crippen LogP contribution in [0.3, 0.4) is 0 Å². The van der Waals surface area contributed by atoms with Crippen LogP contribution in [0.15, 0.2) is 18.2 Å². The number of aliphatic hydroxyl groups excluding tert-OH is 1. The number of carbonyl (C=O) groups excluding carboxylic acids is 1. The van der Waals surface area contributed by atoms with E-state index in [0.717, 1.165) is 25.0 Å². The lowest BCUT2D eigenvalue weighted by atomic mass is 9.98. The van der Waals surface area contributed by atoms with Crippen LogP contribution in [0.5, 0.6) is 0 Å². The summed E-state index contributed by atoms with van der Waals surface area (Å²) in [4.78, 5) is 21.7. The number of rotatable bonds is 4. The van der Waals surface area contributed by atoms with Crippen LogP contribution < -0.4 is 5.32 Å². The Bertz CT molecular complexity index is 541. The number of hydrogen-bond donors (Lipinski definition) is 2. The van der Waals surface area contributed by atoms with Crippen molar-refractivity contribution in [2.75, 3.05) is 6.61 Å². The highest BCUT2D eigenvalue weighted by molar-refractivity contribution is 5.95. The molecule has 0 saturated heterocycles. The fraction of sp³-hybridized carbons (Fsp3) is 0.462. The molecule has 2 N–H and O–H groups in total. The number of nitrogens with zero attached hydrogens (tertiary/aromatic N) is 1. The molecule has 7 heteroatoms. The predicted octanol–water partition coefficient (Wildman–Crippen LogP) is 1.77. The van der Waals surface area contributed by atoms with Crippen LogP contribution >= 0.6 is 0 Å². The number of nitro groups is 1. The van der Waals surface area contributed by atoms with E-state index in [1.807, 2.05) is 0 Å². The molecule has 0 aromatic heterocycles. The Morgan fingerprint density at radius 1 is 1.45 bits per heavy atom. The van der Waals surface area contributed by atoms with E-state index in [0.29, 0.717) is 12.8 Å². The van der Waals surface area contributed by atoms with Gasteiger partial charge in [0.05, 0.1) is 17.1 Å². The van der Waals surface area contributed by atoms with Gasteiger partial charge in [0, 0.05) is 11.6 Å². The maximum absolute atomic E-state index is 13.5. The number of hydrogen-bond acceptors (Lipinski definition) is 4. The van der Waals surface area contributed by atoms with Crippen molar-refractivity contribution in [3.8, 4) is 0 Å². The van der Waals surface area contributed by atoms with E-state index >= 15 is 0 Å². The minimum atomic E-state index is -1.05. The van der Waals surface area contributed by atoms with Crippen LogP contribution in [0, 0.1) is 15.9 Å². The van der Waals surface area contributed by atoms with Crippen LogP contribution in [0.25, 0.3) is 0 Å². The standard InChI is InChI=1S/C13H15FN2O4/c14-10-7-9(3-4-11(10)16(19)20)12(18)15-13(8-17)5-1-2-6-13/h3-4,7,17H,1-2,5-6,8H2,(H,15,18). The number of halogens is 1. The Labute approximate surface area is 114 Å². The summed E-state index contributed by atoms with van der Waals surface area (Å²) in [6.07, 6.45) is 3.17. The fourth-order valence-electron chi connectivity index (χ4n) is 2.48. The molecule has 0 bridgehead atoms. The first kappa shape index (κ1) is 14.4. The van der Waals surface area contributed by atoms with Crippen molar-refractivity contribution in [3.05, 3.63) is 39.7 Å². The molecule has 108 valence electrons. The van der Waals surface area contributed by atoms with Crippen molar-refractivity contribution in [1.29, 1.82) is 0 Å². The zero-order valence-electron chi connectivity index (χ0n) is 10.8. The molecule has 1 aromatic rings. The van der Waals surface area contributed by atoms with E-state index in [1.165, 1.54) is 6.07 Å². The van der Waals surface area contributed by atoms with Gasteiger partial charge in [0.15, 0.2) is 0 Å². The number of carbonyl (C=O) groups is 1. The topological polar surface area (TPSA) is 92.5 Å². The second-order valence-corrected chi connectivity index (χ2v) is 5.02. The molecule has 6 nitrogen and oxygen atoms in total. The second kappa shape index (κ2) is 5.54. The largest absolute Gasteiger partial charge is 0.394 e. The van der Waals surface area contributed by atoms with E-state index in [2.05, 4.69) is 5.32 Å². The maximum Gasteiger partial charge on any atom is 0.304 e. The van der Waals surface area contributed by atoms with Crippen LogP contribution in [-0.4, -0.2) is 28.1 Å².